The molecule has 0 aliphatic carbocycles. The van der Waals surface area contributed by atoms with Crippen LogP contribution < -0.4 is 4.74 Å². The van der Waals surface area contributed by atoms with Gasteiger partial charge < -0.3 is 4.74 Å². The Labute approximate surface area is 138 Å². The highest BCUT2D eigenvalue weighted by Crippen LogP contribution is 2.38. The lowest BCUT2D eigenvalue weighted by molar-refractivity contribution is 0.414. The van der Waals surface area contributed by atoms with Gasteiger partial charge in [-0.15, -0.1) is 0 Å². The van der Waals surface area contributed by atoms with Crippen molar-refractivity contribution in [2.24, 2.45) is 0 Å². The number of hydrogen-bond donors (Lipinski definition) is 0. The molecule has 124 valence electrons. The van der Waals surface area contributed by atoms with E-state index in [1.54, 1.807) is 12.3 Å². The summed E-state index contributed by atoms with van der Waals surface area (Å²) in [5, 5.41) is 1.75. The summed E-state index contributed by atoms with van der Waals surface area (Å²) < 4.78 is 5.29. The third-order valence-electron chi connectivity index (χ3n) is 5.56. The molecule has 0 aliphatic heterocycles. The van der Waals surface area contributed by atoms with Crippen molar-refractivity contribution >= 4 is 8.07 Å². The second-order valence-electron chi connectivity index (χ2n) is 6.94. The first kappa shape index (κ1) is 19.0. The summed E-state index contributed by atoms with van der Waals surface area (Å²) >= 11 is 0. The Balaban J connectivity index is 3.06. The summed E-state index contributed by atoms with van der Waals surface area (Å²) in [4.78, 5) is 0. The molecule has 0 spiro atoms. The molecule has 0 saturated heterocycles. The van der Waals surface area contributed by atoms with Gasteiger partial charge in [0.1, 0.15) is 5.75 Å². The number of methoxy groups -OCH3 is 1. The number of hydrogen-bond acceptors (Lipinski definition) is 1. The van der Waals surface area contributed by atoms with E-state index in [-0.39, 0.29) is 5.41 Å². The second kappa shape index (κ2) is 8.01. The third kappa shape index (κ3) is 4.04. The lowest BCUT2D eigenvalue weighted by Crippen LogP contribution is -2.37. The van der Waals surface area contributed by atoms with E-state index in [9.17, 15) is 0 Å². The van der Waals surface area contributed by atoms with Crippen LogP contribution in [0.15, 0.2) is 35.5 Å². The van der Waals surface area contributed by atoms with Crippen LogP contribution in [0.5, 0.6) is 5.75 Å². The fraction of sp³-hybridized carbons (Fsp3) is 0.600. The van der Waals surface area contributed by atoms with Crippen molar-refractivity contribution in [3.63, 3.8) is 0 Å². The van der Waals surface area contributed by atoms with Crippen LogP contribution in [-0.2, 0) is 5.41 Å². The van der Waals surface area contributed by atoms with Crippen LogP contribution in [0.2, 0.25) is 18.1 Å². The molecule has 0 amide bonds. The average molecular weight is 319 g/mol. The first-order valence-electron chi connectivity index (χ1n) is 8.69. The number of rotatable bonds is 8. The van der Waals surface area contributed by atoms with E-state index in [1.807, 2.05) is 0 Å². The van der Waals surface area contributed by atoms with Gasteiger partial charge in [-0.25, -0.2) is 0 Å². The number of allylic oxidation sites excluding steroid dienone is 2. The normalized spacial score (nSPS) is 13.3. The van der Waals surface area contributed by atoms with E-state index in [4.69, 9.17) is 4.74 Å². The van der Waals surface area contributed by atoms with Gasteiger partial charge in [-0.3, -0.25) is 0 Å². The average Bonchev–Trinajstić information content (AvgIpc) is 2.55. The summed E-state index contributed by atoms with van der Waals surface area (Å²) in [7, 11) is 0.453. The molecule has 1 aromatic carbocycles. The maximum Gasteiger partial charge on any atom is 0.118 e. The van der Waals surface area contributed by atoms with Gasteiger partial charge in [0.25, 0.3) is 0 Å². The van der Waals surface area contributed by atoms with Crippen LogP contribution in [0.3, 0.4) is 0 Å². The standard InChI is InChI=1S/C20H34OSi/c1-8-19(22(9-2,10-3)11-4)16-20(5,6)17-12-14-18(21-7)15-13-17/h8,12-15H,9-11,16H2,1-7H3. The fourth-order valence-electron chi connectivity index (χ4n) is 3.65. The molecular weight excluding hydrogens is 284 g/mol. The molecule has 0 saturated carbocycles. The van der Waals surface area contributed by atoms with E-state index in [0.717, 1.165) is 5.75 Å². The van der Waals surface area contributed by atoms with Crippen LogP contribution in [0.25, 0.3) is 0 Å². The lowest BCUT2D eigenvalue weighted by Gasteiger charge is -2.37. The van der Waals surface area contributed by atoms with Crippen molar-refractivity contribution in [2.75, 3.05) is 7.11 Å². The Kier molecular flexibility index (Phi) is 6.92. The fourth-order valence-corrected chi connectivity index (χ4v) is 7.94. The monoisotopic (exact) mass is 318 g/mol. The molecule has 1 rings (SSSR count). The predicted molar refractivity (Wildman–Crippen MR) is 102 cm³/mol. The molecule has 0 aliphatic rings. The Bertz CT molecular complexity index is 473. The van der Waals surface area contributed by atoms with Gasteiger partial charge in [0.05, 0.1) is 15.2 Å². The van der Waals surface area contributed by atoms with Crippen molar-refractivity contribution in [1.29, 1.82) is 0 Å². The van der Waals surface area contributed by atoms with Crippen LogP contribution in [0.1, 0.15) is 53.5 Å². The van der Waals surface area contributed by atoms with Crippen molar-refractivity contribution < 1.29 is 4.74 Å². The maximum atomic E-state index is 5.29. The summed E-state index contributed by atoms with van der Waals surface area (Å²) in [6.07, 6.45) is 3.60. The third-order valence-corrected chi connectivity index (χ3v) is 11.5. The van der Waals surface area contributed by atoms with Gasteiger partial charge in [0.2, 0.25) is 0 Å². The quantitative estimate of drug-likeness (QED) is 0.507. The molecule has 0 aromatic heterocycles. The van der Waals surface area contributed by atoms with Gasteiger partial charge >= 0.3 is 0 Å². The molecule has 0 bridgehead atoms. The molecule has 0 heterocycles. The minimum atomic E-state index is -1.27. The number of ether oxygens (including phenoxy) is 1. The highest BCUT2D eigenvalue weighted by atomic mass is 28.3. The van der Waals surface area contributed by atoms with Gasteiger partial charge in [0, 0.05) is 0 Å². The largest absolute Gasteiger partial charge is 0.497 e. The first-order valence-corrected chi connectivity index (χ1v) is 11.3. The van der Waals surface area contributed by atoms with E-state index in [1.165, 1.54) is 30.1 Å². The molecule has 0 radical (unpaired) electrons. The molecule has 1 nitrogen and oxygen atoms in total. The SMILES string of the molecule is CC=C(CC(C)(C)c1ccc(OC)cc1)[Si](CC)(CC)CC. The molecule has 22 heavy (non-hydrogen) atoms. The minimum Gasteiger partial charge on any atom is -0.497 e. The molecule has 2 heteroatoms. The van der Waals surface area contributed by atoms with Crippen molar-refractivity contribution in [2.45, 2.75) is 71.5 Å². The topological polar surface area (TPSA) is 9.23 Å². The van der Waals surface area contributed by atoms with E-state index < -0.39 is 8.07 Å². The minimum absolute atomic E-state index is 0.172. The van der Waals surface area contributed by atoms with E-state index in [0.29, 0.717) is 0 Å². The molecule has 1 aromatic rings. The summed E-state index contributed by atoms with van der Waals surface area (Å²) in [6, 6.07) is 12.7. The van der Waals surface area contributed by atoms with Crippen LogP contribution in [0.4, 0.5) is 0 Å². The summed E-state index contributed by atoms with van der Waals surface area (Å²) in [6.45, 7) is 14.2. The second-order valence-corrected chi connectivity index (χ2v) is 12.3. The highest BCUT2D eigenvalue weighted by molar-refractivity contribution is 6.86. The van der Waals surface area contributed by atoms with Crippen molar-refractivity contribution in [3.8, 4) is 5.75 Å². The molecule has 0 atom stereocenters. The van der Waals surface area contributed by atoms with E-state index >= 15 is 0 Å². The molecule has 0 fully saturated rings. The Morgan fingerprint density at radius 1 is 1.05 bits per heavy atom. The van der Waals surface area contributed by atoms with Gasteiger partial charge in [0.15, 0.2) is 0 Å². The zero-order valence-corrected chi connectivity index (χ0v) is 16.6. The highest BCUT2D eigenvalue weighted by Gasteiger charge is 2.34. The van der Waals surface area contributed by atoms with Crippen LogP contribution in [-0.4, -0.2) is 15.2 Å². The Hall–Kier alpha value is -1.02. The Morgan fingerprint density at radius 3 is 1.91 bits per heavy atom. The molecule has 0 unspecified atom stereocenters. The van der Waals surface area contributed by atoms with E-state index in [2.05, 4.69) is 71.9 Å². The van der Waals surface area contributed by atoms with Gasteiger partial charge in [-0.05, 0) is 36.5 Å². The molecular formula is C20H34OSi. The zero-order valence-electron chi connectivity index (χ0n) is 15.6. The summed E-state index contributed by atoms with van der Waals surface area (Å²) in [5.41, 5.74) is 1.57. The lowest BCUT2D eigenvalue weighted by atomic mass is 9.81. The van der Waals surface area contributed by atoms with Gasteiger partial charge in [-0.1, -0.05) is 76.2 Å². The smallest absolute Gasteiger partial charge is 0.118 e. The van der Waals surface area contributed by atoms with Crippen LogP contribution in [0, 0.1) is 0 Å². The zero-order chi connectivity index (χ0) is 16.8. The van der Waals surface area contributed by atoms with Gasteiger partial charge in [-0.2, -0.15) is 0 Å². The number of benzene rings is 1. The summed E-state index contributed by atoms with van der Waals surface area (Å²) in [5.74, 6) is 0.935. The maximum absolute atomic E-state index is 5.29. The van der Waals surface area contributed by atoms with Crippen LogP contribution >= 0.6 is 0 Å². The molecule has 0 N–H and O–H groups in total. The van der Waals surface area contributed by atoms with Crippen molar-refractivity contribution in [1.82, 2.24) is 0 Å². The predicted octanol–water partition coefficient (Wildman–Crippen LogP) is 6.36. The first-order chi connectivity index (χ1) is 10.4. The Morgan fingerprint density at radius 2 is 1.55 bits per heavy atom. The van der Waals surface area contributed by atoms with Crippen molar-refractivity contribution in [3.05, 3.63) is 41.1 Å².